The topological polar surface area (TPSA) is 64.3 Å². The number of amides is 1. The second-order valence-corrected chi connectivity index (χ2v) is 2.80. The smallest absolute Gasteiger partial charge is 0.252 e. The number of rotatable bonds is 3. The van der Waals surface area contributed by atoms with Crippen LogP contribution < -0.4 is 11.2 Å². The van der Waals surface area contributed by atoms with Crippen molar-refractivity contribution in [3.8, 4) is 0 Å². The van der Waals surface area contributed by atoms with Crippen LogP contribution in [0.4, 0.5) is 5.69 Å². The largest absolute Gasteiger partial charge is 0.324 e. The third kappa shape index (κ3) is 4.57. The Bertz CT molecular complexity index is 292. The standard InChI is InChI=1S/C8H9ClN2O2.BrH/c9-6-1-3-7(4-2-6)11-8(12)5-13-10;/h1-4H,5,10H2,(H,11,12);1H. The van der Waals surface area contributed by atoms with Gasteiger partial charge in [-0.15, -0.1) is 17.0 Å². The first-order chi connectivity index (χ1) is 6.22. The lowest BCUT2D eigenvalue weighted by molar-refractivity contribution is -0.120. The average Bonchev–Trinajstić information content (AvgIpc) is 2.09. The SMILES string of the molecule is Br.NOCC(=O)Nc1ccc(Cl)cc1. The Morgan fingerprint density at radius 1 is 1.43 bits per heavy atom. The molecule has 0 unspecified atom stereocenters. The Kier molecular flexibility index (Phi) is 6.48. The molecule has 1 rings (SSSR count). The van der Waals surface area contributed by atoms with E-state index in [4.69, 9.17) is 17.5 Å². The van der Waals surface area contributed by atoms with Crippen LogP contribution in [-0.2, 0) is 9.63 Å². The van der Waals surface area contributed by atoms with Crippen molar-refractivity contribution in [2.24, 2.45) is 5.90 Å². The molecule has 0 spiro atoms. The lowest BCUT2D eigenvalue weighted by Crippen LogP contribution is -2.20. The first-order valence-electron chi connectivity index (χ1n) is 3.59. The predicted molar refractivity (Wildman–Crippen MR) is 60.5 cm³/mol. The molecule has 0 saturated heterocycles. The van der Waals surface area contributed by atoms with Crippen LogP contribution >= 0.6 is 28.6 Å². The highest BCUT2D eigenvalue weighted by Crippen LogP contribution is 2.12. The van der Waals surface area contributed by atoms with E-state index in [2.05, 4.69) is 10.2 Å². The second kappa shape index (κ2) is 6.78. The quantitative estimate of drug-likeness (QED) is 0.830. The van der Waals surface area contributed by atoms with Crippen LogP contribution in [0.3, 0.4) is 0 Å². The van der Waals surface area contributed by atoms with E-state index < -0.39 is 0 Å². The van der Waals surface area contributed by atoms with Crippen molar-refractivity contribution in [1.82, 2.24) is 0 Å². The molecular formula is C8H10BrClN2O2. The first kappa shape index (κ1) is 13.4. The van der Waals surface area contributed by atoms with E-state index >= 15 is 0 Å². The van der Waals surface area contributed by atoms with E-state index in [1.54, 1.807) is 24.3 Å². The first-order valence-corrected chi connectivity index (χ1v) is 3.97. The molecule has 0 aliphatic carbocycles. The molecule has 6 heteroatoms. The van der Waals surface area contributed by atoms with Gasteiger partial charge in [0.05, 0.1) is 0 Å². The van der Waals surface area contributed by atoms with Gasteiger partial charge < -0.3 is 5.32 Å². The van der Waals surface area contributed by atoms with Crippen molar-refractivity contribution < 1.29 is 9.63 Å². The molecule has 1 aromatic rings. The van der Waals surface area contributed by atoms with Crippen molar-refractivity contribution in [1.29, 1.82) is 0 Å². The highest BCUT2D eigenvalue weighted by Gasteiger charge is 2.00. The zero-order valence-electron chi connectivity index (χ0n) is 7.20. The fraction of sp³-hybridized carbons (Fsp3) is 0.125. The summed E-state index contributed by atoms with van der Waals surface area (Å²) < 4.78 is 0. The molecule has 3 N–H and O–H groups in total. The van der Waals surface area contributed by atoms with Crippen molar-refractivity contribution in [2.75, 3.05) is 11.9 Å². The molecule has 0 fully saturated rings. The zero-order valence-corrected chi connectivity index (χ0v) is 9.67. The number of nitrogens with two attached hydrogens (primary N) is 1. The summed E-state index contributed by atoms with van der Waals surface area (Å²) in [6, 6.07) is 6.74. The summed E-state index contributed by atoms with van der Waals surface area (Å²) in [5, 5.41) is 3.19. The van der Waals surface area contributed by atoms with Crippen molar-refractivity contribution in [2.45, 2.75) is 0 Å². The molecule has 0 aromatic heterocycles. The number of hydrogen-bond acceptors (Lipinski definition) is 3. The van der Waals surface area contributed by atoms with Gasteiger partial charge in [-0.05, 0) is 24.3 Å². The van der Waals surface area contributed by atoms with Gasteiger partial charge in [-0.2, -0.15) is 0 Å². The number of hydrogen-bond donors (Lipinski definition) is 2. The Balaban J connectivity index is 0.00000169. The van der Waals surface area contributed by atoms with Crippen LogP contribution in [0.2, 0.25) is 5.02 Å². The van der Waals surface area contributed by atoms with E-state index in [9.17, 15) is 4.79 Å². The molecular weight excluding hydrogens is 271 g/mol. The number of carbonyl (C=O) groups is 1. The van der Waals surface area contributed by atoms with E-state index in [0.29, 0.717) is 10.7 Å². The number of halogens is 2. The molecule has 0 aliphatic rings. The molecule has 0 radical (unpaired) electrons. The monoisotopic (exact) mass is 280 g/mol. The minimum absolute atomic E-state index is 0. The Labute approximate surface area is 97.1 Å². The number of nitrogens with one attached hydrogen (secondary N) is 1. The molecule has 0 bridgehead atoms. The lowest BCUT2D eigenvalue weighted by atomic mass is 10.3. The predicted octanol–water partition coefficient (Wildman–Crippen LogP) is 1.75. The van der Waals surface area contributed by atoms with Gasteiger partial charge in [-0.1, -0.05) is 11.6 Å². The van der Waals surface area contributed by atoms with Gasteiger partial charge in [-0.25, -0.2) is 5.90 Å². The van der Waals surface area contributed by atoms with E-state index in [0.717, 1.165) is 0 Å². The van der Waals surface area contributed by atoms with Crippen LogP contribution in [0.15, 0.2) is 24.3 Å². The molecule has 0 saturated carbocycles. The van der Waals surface area contributed by atoms with Gasteiger partial charge >= 0.3 is 0 Å². The fourth-order valence-corrected chi connectivity index (χ4v) is 0.932. The molecule has 4 nitrogen and oxygen atoms in total. The van der Waals surface area contributed by atoms with Gasteiger partial charge in [0.2, 0.25) is 0 Å². The molecule has 1 aromatic carbocycles. The maximum atomic E-state index is 10.9. The summed E-state index contributed by atoms with van der Waals surface area (Å²) in [7, 11) is 0. The number of benzene rings is 1. The summed E-state index contributed by atoms with van der Waals surface area (Å²) >= 11 is 5.65. The van der Waals surface area contributed by atoms with E-state index in [1.807, 2.05) is 0 Å². The van der Waals surface area contributed by atoms with Crippen LogP contribution in [0.5, 0.6) is 0 Å². The summed E-state index contributed by atoms with van der Waals surface area (Å²) in [6.45, 7) is -0.164. The molecule has 78 valence electrons. The van der Waals surface area contributed by atoms with Gasteiger partial charge in [0.25, 0.3) is 5.91 Å². The molecule has 1 amide bonds. The summed E-state index contributed by atoms with van der Waals surface area (Å²) in [5.41, 5.74) is 0.659. The summed E-state index contributed by atoms with van der Waals surface area (Å²) in [6.07, 6.45) is 0. The third-order valence-electron chi connectivity index (χ3n) is 1.34. The number of carbonyl (C=O) groups excluding carboxylic acids is 1. The minimum atomic E-state index is -0.301. The Morgan fingerprint density at radius 3 is 2.50 bits per heavy atom. The summed E-state index contributed by atoms with van der Waals surface area (Å²) in [4.78, 5) is 15.1. The molecule has 0 atom stereocenters. The second-order valence-electron chi connectivity index (χ2n) is 2.37. The highest BCUT2D eigenvalue weighted by molar-refractivity contribution is 8.93. The van der Waals surface area contributed by atoms with Crippen molar-refractivity contribution in [3.05, 3.63) is 29.3 Å². The molecule has 0 aliphatic heterocycles. The van der Waals surface area contributed by atoms with Crippen LogP contribution in [0, 0.1) is 0 Å². The van der Waals surface area contributed by atoms with Crippen molar-refractivity contribution in [3.63, 3.8) is 0 Å². The number of anilines is 1. The maximum absolute atomic E-state index is 10.9. The normalized spacial score (nSPS) is 9.00. The molecule has 14 heavy (non-hydrogen) atoms. The van der Waals surface area contributed by atoms with E-state index in [-0.39, 0.29) is 29.5 Å². The van der Waals surface area contributed by atoms with Crippen LogP contribution in [0.25, 0.3) is 0 Å². The highest BCUT2D eigenvalue weighted by atomic mass is 79.9. The van der Waals surface area contributed by atoms with Gasteiger partial charge in [-0.3, -0.25) is 9.63 Å². The van der Waals surface area contributed by atoms with Gasteiger partial charge in [0.15, 0.2) is 0 Å². The molecule has 0 heterocycles. The fourth-order valence-electron chi connectivity index (χ4n) is 0.806. The minimum Gasteiger partial charge on any atom is -0.324 e. The third-order valence-corrected chi connectivity index (χ3v) is 1.59. The van der Waals surface area contributed by atoms with Crippen LogP contribution in [-0.4, -0.2) is 12.5 Å². The van der Waals surface area contributed by atoms with Gasteiger partial charge in [0.1, 0.15) is 6.61 Å². The zero-order chi connectivity index (χ0) is 9.68. The van der Waals surface area contributed by atoms with Gasteiger partial charge in [0, 0.05) is 10.7 Å². The van der Waals surface area contributed by atoms with Crippen molar-refractivity contribution >= 4 is 40.2 Å². The van der Waals surface area contributed by atoms with E-state index in [1.165, 1.54) is 0 Å². The average molecular weight is 282 g/mol. The summed E-state index contributed by atoms with van der Waals surface area (Å²) in [5.74, 6) is 4.42. The maximum Gasteiger partial charge on any atom is 0.252 e. The lowest BCUT2D eigenvalue weighted by Gasteiger charge is -2.03. The Hall–Kier alpha value is -0.620. The Morgan fingerprint density at radius 2 is 2.00 bits per heavy atom. The van der Waals surface area contributed by atoms with Crippen LogP contribution in [0.1, 0.15) is 0 Å².